The third kappa shape index (κ3) is 5.77. The maximum atomic E-state index is 11.5. The minimum absolute atomic E-state index is 0.0690. The van der Waals surface area contributed by atoms with Gasteiger partial charge in [-0.2, -0.15) is 5.26 Å². The summed E-state index contributed by atoms with van der Waals surface area (Å²) in [7, 11) is 0. The molecule has 0 saturated heterocycles. The van der Waals surface area contributed by atoms with Crippen molar-refractivity contribution in [3.05, 3.63) is 42.0 Å². The van der Waals surface area contributed by atoms with Gasteiger partial charge in [-0.25, -0.2) is 0 Å². The molecule has 0 spiro atoms. The van der Waals surface area contributed by atoms with E-state index in [1.54, 1.807) is 6.07 Å². The molecule has 0 bridgehead atoms. The first-order chi connectivity index (χ1) is 12.1. The van der Waals surface area contributed by atoms with Crippen LogP contribution in [0.2, 0.25) is 0 Å². The lowest BCUT2D eigenvalue weighted by Crippen LogP contribution is -2.18. The molecule has 5 nitrogen and oxygen atoms in total. The molecule has 0 fully saturated rings. The van der Waals surface area contributed by atoms with Gasteiger partial charge in [0.2, 0.25) is 0 Å². The zero-order valence-electron chi connectivity index (χ0n) is 14.7. The van der Waals surface area contributed by atoms with E-state index in [9.17, 15) is 4.79 Å². The summed E-state index contributed by atoms with van der Waals surface area (Å²) in [5.74, 6) is 0.502. The number of esters is 1. The minimum Gasteiger partial charge on any atom is -0.491 e. The lowest BCUT2D eigenvalue weighted by atomic mass is 10.1. The Morgan fingerprint density at radius 2 is 1.80 bits per heavy atom. The van der Waals surface area contributed by atoms with Gasteiger partial charge in [0, 0.05) is 0 Å². The van der Waals surface area contributed by atoms with Crippen LogP contribution in [0.25, 0.3) is 10.8 Å². The first kappa shape index (κ1) is 18.8. The van der Waals surface area contributed by atoms with Crippen molar-refractivity contribution in [3.63, 3.8) is 0 Å². The topological polar surface area (TPSA) is 68.6 Å². The number of ether oxygens (including phenoxy) is 3. The third-order valence-electron chi connectivity index (χ3n) is 3.92. The van der Waals surface area contributed by atoms with E-state index in [4.69, 9.17) is 19.5 Å². The molecule has 5 heteroatoms. The van der Waals surface area contributed by atoms with Crippen LogP contribution < -0.4 is 4.74 Å². The number of fused-ring (bicyclic) bond motifs is 1. The molecule has 2 rings (SSSR count). The highest BCUT2D eigenvalue weighted by atomic mass is 16.6. The van der Waals surface area contributed by atoms with Crippen LogP contribution in [0.1, 0.15) is 25.8 Å². The molecule has 0 amide bonds. The van der Waals surface area contributed by atoms with Gasteiger partial charge >= 0.3 is 5.97 Å². The molecule has 0 radical (unpaired) electrons. The van der Waals surface area contributed by atoms with Crippen molar-refractivity contribution < 1.29 is 19.0 Å². The summed E-state index contributed by atoms with van der Waals surface area (Å²) in [5.41, 5.74) is 0.642. The second kappa shape index (κ2) is 9.65. The average Bonchev–Trinajstić information content (AvgIpc) is 2.65. The van der Waals surface area contributed by atoms with Gasteiger partial charge in [0.25, 0.3) is 0 Å². The average molecular weight is 341 g/mol. The molecule has 0 heterocycles. The number of nitriles is 1. The maximum Gasteiger partial charge on any atom is 0.308 e. The summed E-state index contributed by atoms with van der Waals surface area (Å²) in [4.78, 5) is 11.5. The Labute approximate surface area is 148 Å². The Kier molecular flexibility index (Phi) is 7.24. The van der Waals surface area contributed by atoms with Crippen LogP contribution >= 0.6 is 0 Å². The van der Waals surface area contributed by atoms with Gasteiger partial charge in [0.15, 0.2) is 0 Å². The molecule has 0 aliphatic rings. The largest absolute Gasteiger partial charge is 0.491 e. The van der Waals surface area contributed by atoms with Crippen LogP contribution in [-0.2, 0) is 14.3 Å². The van der Waals surface area contributed by atoms with Gasteiger partial charge in [-0.15, -0.1) is 0 Å². The van der Waals surface area contributed by atoms with E-state index in [0.29, 0.717) is 25.4 Å². The lowest BCUT2D eigenvalue weighted by Gasteiger charge is -2.10. The Balaban J connectivity index is 1.68. The van der Waals surface area contributed by atoms with Gasteiger partial charge in [-0.1, -0.05) is 26.0 Å². The molecular formula is C20H23NO4. The number of benzene rings is 2. The van der Waals surface area contributed by atoms with Crippen LogP contribution in [0, 0.1) is 17.2 Å². The Bertz CT molecular complexity index is 751. The van der Waals surface area contributed by atoms with Crippen molar-refractivity contribution in [2.75, 3.05) is 26.4 Å². The smallest absolute Gasteiger partial charge is 0.308 e. The number of hydrogen-bond donors (Lipinski definition) is 0. The molecule has 0 saturated carbocycles. The molecule has 25 heavy (non-hydrogen) atoms. The fourth-order valence-corrected chi connectivity index (χ4v) is 2.21. The summed E-state index contributed by atoms with van der Waals surface area (Å²) in [6.07, 6.45) is 0.775. The van der Waals surface area contributed by atoms with Crippen molar-refractivity contribution in [1.29, 1.82) is 5.26 Å². The van der Waals surface area contributed by atoms with E-state index in [1.165, 1.54) is 0 Å². The summed E-state index contributed by atoms with van der Waals surface area (Å²) in [6, 6.07) is 13.4. The van der Waals surface area contributed by atoms with Crippen LogP contribution in [0.3, 0.4) is 0 Å². The highest BCUT2D eigenvalue weighted by Gasteiger charge is 2.11. The number of carbonyl (C=O) groups excluding carboxylic acids is 1. The van der Waals surface area contributed by atoms with Crippen molar-refractivity contribution in [1.82, 2.24) is 0 Å². The summed E-state index contributed by atoms with van der Waals surface area (Å²) in [6.45, 7) is 5.27. The predicted molar refractivity (Wildman–Crippen MR) is 95.4 cm³/mol. The zero-order chi connectivity index (χ0) is 18.1. The first-order valence-electron chi connectivity index (χ1n) is 8.45. The Morgan fingerprint density at radius 1 is 1.08 bits per heavy atom. The second-order valence-electron chi connectivity index (χ2n) is 5.77. The molecule has 132 valence electrons. The van der Waals surface area contributed by atoms with Crippen molar-refractivity contribution in [2.24, 2.45) is 5.92 Å². The molecule has 0 aromatic heterocycles. The first-order valence-corrected chi connectivity index (χ1v) is 8.45. The molecule has 0 N–H and O–H groups in total. The minimum atomic E-state index is -0.182. The SMILES string of the molecule is CCC(C)C(=O)OCCOCCOc1ccc2cc(C#N)ccc2c1. The fraction of sp³-hybridized carbons (Fsp3) is 0.400. The fourth-order valence-electron chi connectivity index (χ4n) is 2.21. The lowest BCUT2D eigenvalue weighted by molar-refractivity contribution is -0.149. The van der Waals surface area contributed by atoms with Crippen molar-refractivity contribution in [3.8, 4) is 11.8 Å². The molecule has 0 aliphatic carbocycles. The van der Waals surface area contributed by atoms with E-state index < -0.39 is 0 Å². The number of carbonyl (C=O) groups is 1. The number of nitrogens with zero attached hydrogens (tertiary/aromatic N) is 1. The standard InChI is InChI=1S/C20H23NO4/c1-3-15(2)20(22)25-11-9-23-8-10-24-19-7-6-17-12-16(14-21)4-5-18(17)13-19/h4-7,12-13,15H,3,8-11H2,1-2H3. The molecule has 1 atom stereocenters. The van der Waals surface area contributed by atoms with E-state index in [-0.39, 0.29) is 18.5 Å². The molecule has 2 aromatic carbocycles. The summed E-state index contributed by atoms with van der Waals surface area (Å²) in [5, 5.41) is 10.9. The third-order valence-corrected chi connectivity index (χ3v) is 3.92. The Morgan fingerprint density at radius 3 is 2.56 bits per heavy atom. The van der Waals surface area contributed by atoms with Crippen LogP contribution in [0.5, 0.6) is 5.75 Å². The zero-order valence-corrected chi connectivity index (χ0v) is 14.7. The molecule has 1 unspecified atom stereocenters. The predicted octanol–water partition coefficient (Wildman–Crippen LogP) is 3.70. The van der Waals surface area contributed by atoms with E-state index in [0.717, 1.165) is 22.9 Å². The normalized spacial score (nSPS) is 11.7. The highest BCUT2D eigenvalue weighted by molar-refractivity contribution is 5.85. The van der Waals surface area contributed by atoms with E-state index in [2.05, 4.69) is 6.07 Å². The van der Waals surface area contributed by atoms with E-state index >= 15 is 0 Å². The summed E-state index contributed by atoms with van der Waals surface area (Å²) >= 11 is 0. The second-order valence-corrected chi connectivity index (χ2v) is 5.77. The number of hydrogen-bond acceptors (Lipinski definition) is 5. The molecular weight excluding hydrogens is 318 g/mol. The monoisotopic (exact) mass is 341 g/mol. The van der Waals surface area contributed by atoms with Crippen LogP contribution in [0.15, 0.2) is 36.4 Å². The van der Waals surface area contributed by atoms with Crippen molar-refractivity contribution >= 4 is 16.7 Å². The molecule has 0 aliphatic heterocycles. The summed E-state index contributed by atoms with van der Waals surface area (Å²) < 4.78 is 16.2. The number of rotatable bonds is 9. The molecule has 2 aromatic rings. The Hall–Kier alpha value is -2.58. The highest BCUT2D eigenvalue weighted by Crippen LogP contribution is 2.21. The maximum absolute atomic E-state index is 11.5. The van der Waals surface area contributed by atoms with Gasteiger partial charge in [-0.05, 0) is 41.5 Å². The van der Waals surface area contributed by atoms with Gasteiger partial charge < -0.3 is 14.2 Å². The van der Waals surface area contributed by atoms with Gasteiger partial charge in [-0.3, -0.25) is 4.79 Å². The quantitative estimate of drug-likeness (QED) is 0.514. The van der Waals surface area contributed by atoms with Gasteiger partial charge in [0.05, 0.1) is 30.8 Å². The van der Waals surface area contributed by atoms with Crippen molar-refractivity contribution in [2.45, 2.75) is 20.3 Å². The van der Waals surface area contributed by atoms with E-state index in [1.807, 2.05) is 44.2 Å². The van der Waals surface area contributed by atoms with Crippen LogP contribution in [0.4, 0.5) is 0 Å². The van der Waals surface area contributed by atoms with Gasteiger partial charge in [0.1, 0.15) is 19.0 Å². The van der Waals surface area contributed by atoms with Crippen LogP contribution in [-0.4, -0.2) is 32.4 Å².